The van der Waals surface area contributed by atoms with Gasteiger partial charge in [-0.15, -0.1) is 0 Å². The fraction of sp³-hybridized carbons (Fsp3) is 0.455. The maximum Gasteiger partial charge on any atom is 0.169 e. The summed E-state index contributed by atoms with van der Waals surface area (Å²) in [6.07, 6.45) is 0. The van der Waals surface area contributed by atoms with E-state index in [0.29, 0.717) is 6.71 Å². The summed E-state index contributed by atoms with van der Waals surface area (Å²) < 4.78 is 5.11. The third-order valence-corrected chi connectivity index (χ3v) is 1.76. The quantitative estimate of drug-likeness (QED) is 0.632. The van der Waals surface area contributed by atoms with Crippen LogP contribution in [0.1, 0.15) is 13.8 Å². The van der Waals surface area contributed by atoms with Crippen LogP contribution in [0, 0.1) is 0 Å². The maximum atomic E-state index is 5.11. The van der Waals surface area contributed by atoms with Crippen LogP contribution in [0.5, 0.6) is 5.75 Å². The van der Waals surface area contributed by atoms with Crippen molar-refractivity contribution in [2.45, 2.75) is 27.5 Å². The average Bonchev–Trinajstić information content (AvgIpc) is 2.21. The molecule has 1 rings (SSSR count). The van der Waals surface area contributed by atoms with Crippen LogP contribution in [0.15, 0.2) is 24.3 Å². The highest BCUT2D eigenvalue weighted by molar-refractivity contribution is 6.70. The van der Waals surface area contributed by atoms with Gasteiger partial charge in [-0.2, -0.15) is 0 Å². The molecule has 0 saturated heterocycles. The predicted octanol–water partition coefficient (Wildman–Crippen LogP) is 2.68. The van der Waals surface area contributed by atoms with Gasteiger partial charge in [0, 0.05) is 0 Å². The molecule has 0 aliphatic heterocycles. The van der Waals surface area contributed by atoms with Crippen molar-refractivity contribution < 1.29 is 4.74 Å². The lowest BCUT2D eigenvalue weighted by atomic mass is 9.49. The van der Waals surface area contributed by atoms with Gasteiger partial charge in [0.05, 0.1) is 7.11 Å². The SMILES string of the molecule is CC.COc1cccc(B(C)C)c1. The van der Waals surface area contributed by atoms with Crippen molar-refractivity contribution in [3.8, 4) is 5.75 Å². The van der Waals surface area contributed by atoms with E-state index >= 15 is 0 Å². The zero-order chi connectivity index (χ0) is 10.3. The standard InChI is InChI=1S/C9H13BO.C2H6/c1-10(2)8-5-4-6-9(7-8)11-3;1-2/h4-7H,1-3H3;1-2H3. The molecule has 0 unspecified atom stereocenters. The second kappa shape index (κ2) is 6.58. The number of benzene rings is 1. The Balaban J connectivity index is 0.000000671. The van der Waals surface area contributed by atoms with Crippen LogP contribution in [0.3, 0.4) is 0 Å². The Morgan fingerprint density at radius 2 is 1.77 bits per heavy atom. The van der Waals surface area contributed by atoms with Crippen molar-refractivity contribution in [1.29, 1.82) is 0 Å². The van der Waals surface area contributed by atoms with Crippen molar-refractivity contribution in [2.75, 3.05) is 7.11 Å². The number of rotatable bonds is 2. The topological polar surface area (TPSA) is 9.23 Å². The average molecular weight is 178 g/mol. The minimum Gasteiger partial charge on any atom is -0.497 e. The van der Waals surface area contributed by atoms with Crippen LogP contribution in [0.2, 0.25) is 13.6 Å². The van der Waals surface area contributed by atoms with Gasteiger partial charge in [-0.05, 0) is 12.1 Å². The zero-order valence-electron chi connectivity index (χ0n) is 9.29. The van der Waals surface area contributed by atoms with E-state index in [1.54, 1.807) is 7.11 Å². The highest BCUT2D eigenvalue weighted by Crippen LogP contribution is 2.05. The molecule has 1 nitrogen and oxygen atoms in total. The minimum absolute atomic E-state index is 0.574. The maximum absolute atomic E-state index is 5.11. The molecule has 0 spiro atoms. The molecule has 2 heteroatoms. The Morgan fingerprint density at radius 1 is 1.15 bits per heavy atom. The Labute approximate surface area is 82.2 Å². The van der Waals surface area contributed by atoms with E-state index in [0.717, 1.165) is 5.75 Å². The molecule has 0 aliphatic rings. The van der Waals surface area contributed by atoms with E-state index in [1.165, 1.54) is 5.46 Å². The summed E-state index contributed by atoms with van der Waals surface area (Å²) in [5.41, 5.74) is 1.32. The number of hydrogen-bond donors (Lipinski definition) is 0. The Hall–Kier alpha value is -0.915. The second-order valence-electron chi connectivity index (χ2n) is 2.93. The largest absolute Gasteiger partial charge is 0.497 e. The van der Waals surface area contributed by atoms with Crippen molar-refractivity contribution in [3.63, 3.8) is 0 Å². The molecule has 1 aromatic rings. The first-order chi connectivity index (χ1) is 6.24. The lowest BCUT2D eigenvalue weighted by Gasteiger charge is -2.04. The van der Waals surface area contributed by atoms with Crippen LogP contribution >= 0.6 is 0 Å². The van der Waals surface area contributed by atoms with Crippen LogP contribution in [0.25, 0.3) is 0 Å². The van der Waals surface area contributed by atoms with Crippen LogP contribution in [-0.4, -0.2) is 13.8 Å². The minimum atomic E-state index is 0.574. The first kappa shape index (κ1) is 12.1. The van der Waals surface area contributed by atoms with E-state index < -0.39 is 0 Å². The molecular weight excluding hydrogens is 159 g/mol. The molecule has 13 heavy (non-hydrogen) atoms. The fourth-order valence-electron chi connectivity index (χ4n) is 1.00. The summed E-state index contributed by atoms with van der Waals surface area (Å²) in [4.78, 5) is 0. The van der Waals surface area contributed by atoms with Gasteiger partial charge < -0.3 is 4.74 Å². The van der Waals surface area contributed by atoms with Crippen LogP contribution in [0.4, 0.5) is 0 Å². The molecule has 0 aliphatic carbocycles. The highest BCUT2D eigenvalue weighted by Gasteiger charge is 2.02. The fourth-order valence-corrected chi connectivity index (χ4v) is 1.00. The van der Waals surface area contributed by atoms with Crippen molar-refractivity contribution in [3.05, 3.63) is 24.3 Å². The van der Waals surface area contributed by atoms with Gasteiger partial charge in [0.1, 0.15) is 5.75 Å². The van der Waals surface area contributed by atoms with E-state index in [4.69, 9.17) is 4.74 Å². The third kappa shape index (κ3) is 4.02. The molecule has 0 bridgehead atoms. The van der Waals surface area contributed by atoms with Crippen molar-refractivity contribution in [2.24, 2.45) is 0 Å². The summed E-state index contributed by atoms with van der Waals surface area (Å²) in [7, 11) is 1.69. The van der Waals surface area contributed by atoms with Gasteiger partial charge >= 0.3 is 0 Å². The lowest BCUT2D eigenvalue weighted by molar-refractivity contribution is 0.415. The van der Waals surface area contributed by atoms with Crippen molar-refractivity contribution >= 4 is 12.2 Å². The van der Waals surface area contributed by atoms with E-state index in [1.807, 2.05) is 26.0 Å². The van der Waals surface area contributed by atoms with Gasteiger partial charge in [-0.3, -0.25) is 0 Å². The molecule has 72 valence electrons. The van der Waals surface area contributed by atoms with Gasteiger partial charge in [0.15, 0.2) is 6.71 Å². The summed E-state index contributed by atoms with van der Waals surface area (Å²) >= 11 is 0. The first-order valence-corrected chi connectivity index (χ1v) is 4.88. The van der Waals surface area contributed by atoms with E-state index in [2.05, 4.69) is 25.8 Å². The summed E-state index contributed by atoms with van der Waals surface area (Å²) in [6, 6.07) is 8.18. The molecular formula is C11H19BO. The lowest BCUT2D eigenvalue weighted by Crippen LogP contribution is -2.21. The molecule has 0 heterocycles. The number of methoxy groups -OCH3 is 1. The van der Waals surface area contributed by atoms with E-state index in [-0.39, 0.29) is 0 Å². The Morgan fingerprint density at radius 3 is 2.23 bits per heavy atom. The molecule has 0 saturated carbocycles. The number of hydrogen-bond acceptors (Lipinski definition) is 1. The van der Waals surface area contributed by atoms with Gasteiger partial charge in [0.2, 0.25) is 0 Å². The molecule has 0 aromatic heterocycles. The monoisotopic (exact) mass is 178 g/mol. The van der Waals surface area contributed by atoms with Crippen LogP contribution in [-0.2, 0) is 0 Å². The Bertz CT molecular complexity index is 233. The summed E-state index contributed by atoms with van der Waals surface area (Å²) in [6.45, 7) is 8.92. The van der Waals surface area contributed by atoms with Gasteiger partial charge in [-0.1, -0.05) is 45.1 Å². The second-order valence-corrected chi connectivity index (χ2v) is 2.93. The first-order valence-electron chi connectivity index (χ1n) is 4.88. The summed E-state index contributed by atoms with van der Waals surface area (Å²) in [5, 5.41) is 0. The molecule has 0 radical (unpaired) electrons. The van der Waals surface area contributed by atoms with Gasteiger partial charge in [-0.25, -0.2) is 0 Å². The summed E-state index contributed by atoms with van der Waals surface area (Å²) in [5.74, 6) is 0.941. The zero-order valence-corrected chi connectivity index (χ0v) is 9.29. The predicted molar refractivity (Wildman–Crippen MR) is 61.5 cm³/mol. The molecule has 0 N–H and O–H groups in total. The van der Waals surface area contributed by atoms with Crippen molar-refractivity contribution in [1.82, 2.24) is 0 Å². The number of ether oxygens (including phenoxy) is 1. The molecule has 1 aromatic carbocycles. The van der Waals surface area contributed by atoms with E-state index in [9.17, 15) is 0 Å². The highest BCUT2D eigenvalue weighted by atomic mass is 16.5. The molecule has 0 amide bonds. The molecule has 0 atom stereocenters. The molecule has 0 fully saturated rings. The van der Waals surface area contributed by atoms with Gasteiger partial charge in [0.25, 0.3) is 0 Å². The normalized spacial score (nSPS) is 8.38. The smallest absolute Gasteiger partial charge is 0.169 e. The van der Waals surface area contributed by atoms with Crippen LogP contribution < -0.4 is 10.2 Å². The third-order valence-electron chi connectivity index (χ3n) is 1.76. The Kier molecular flexibility index (Phi) is 6.12.